The van der Waals surface area contributed by atoms with Gasteiger partial charge in [-0.1, -0.05) is 24.3 Å². The van der Waals surface area contributed by atoms with E-state index in [1.54, 1.807) is 6.92 Å². The Hall–Kier alpha value is -1.84. The fourth-order valence-electron chi connectivity index (χ4n) is 1.76. The van der Waals surface area contributed by atoms with Crippen molar-refractivity contribution in [1.29, 1.82) is 0 Å². The third kappa shape index (κ3) is 1.38. The van der Waals surface area contributed by atoms with Gasteiger partial charge in [-0.15, -0.1) is 0 Å². The van der Waals surface area contributed by atoms with Crippen LogP contribution in [-0.4, -0.2) is 11.9 Å². The molecule has 1 amide bonds. The van der Waals surface area contributed by atoms with Gasteiger partial charge in [-0.2, -0.15) is 4.99 Å². The molecule has 4 nitrogen and oxygen atoms in total. The van der Waals surface area contributed by atoms with Crippen LogP contribution in [0.5, 0.6) is 0 Å². The van der Waals surface area contributed by atoms with Gasteiger partial charge in [0.05, 0.1) is 0 Å². The maximum absolute atomic E-state index is 11.7. The van der Waals surface area contributed by atoms with E-state index in [-0.39, 0.29) is 11.9 Å². The van der Waals surface area contributed by atoms with Crippen LogP contribution in [0.3, 0.4) is 0 Å². The van der Waals surface area contributed by atoms with E-state index in [0.717, 1.165) is 11.1 Å². The topological polar surface area (TPSA) is 64.7 Å². The summed E-state index contributed by atoms with van der Waals surface area (Å²) in [7, 11) is 0. The predicted octanol–water partition coefficient (Wildman–Crippen LogP) is 1.08. The Morgan fingerprint density at radius 1 is 1.40 bits per heavy atom. The summed E-state index contributed by atoms with van der Waals surface area (Å²) in [4.78, 5) is 15.3. The van der Waals surface area contributed by atoms with Gasteiger partial charge in [0.25, 0.3) is 11.9 Å². The highest BCUT2D eigenvalue weighted by Crippen LogP contribution is 2.32. The molecular formula is C11H12N2O2. The predicted molar refractivity (Wildman–Crippen MR) is 56.2 cm³/mol. The number of carbonyl (C=O) groups is 1. The van der Waals surface area contributed by atoms with E-state index in [0.29, 0.717) is 0 Å². The fraction of sp³-hybridized carbons (Fsp3) is 0.273. The maximum Gasteiger partial charge on any atom is 0.298 e. The molecule has 1 unspecified atom stereocenters. The quantitative estimate of drug-likeness (QED) is 0.744. The fourth-order valence-corrected chi connectivity index (χ4v) is 1.76. The summed E-state index contributed by atoms with van der Waals surface area (Å²) in [5, 5.41) is 0. The molecule has 0 spiro atoms. The maximum atomic E-state index is 11.7. The van der Waals surface area contributed by atoms with Gasteiger partial charge < -0.3 is 10.5 Å². The molecule has 1 heterocycles. The lowest BCUT2D eigenvalue weighted by Crippen LogP contribution is -2.32. The molecule has 0 saturated heterocycles. The summed E-state index contributed by atoms with van der Waals surface area (Å²) in [5.41, 5.74) is 6.12. The number of hydrogen-bond donors (Lipinski definition) is 1. The number of benzene rings is 1. The molecule has 2 N–H and O–H groups in total. The van der Waals surface area contributed by atoms with E-state index in [1.165, 1.54) is 0 Å². The molecule has 0 bridgehead atoms. The molecule has 0 aliphatic carbocycles. The summed E-state index contributed by atoms with van der Waals surface area (Å²) < 4.78 is 5.31. The Kier molecular flexibility index (Phi) is 2.00. The normalized spacial score (nSPS) is 24.9. The molecule has 1 aromatic carbocycles. The van der Waals surface area contributed by atoms with Crippen molar-refractivity contribution in [2.75, 3.05) is 0 Å². The number of nitrogens with zero attached hydrogens (tertiary/aromatic N) is 1. The molecule has 2 rings (SSSR count). The van der Waals surface area contributed by atoms with Gasteiger partial charge in [-0.3, -0.25) is 4.79 Å². The number of amidine groups is 1. The molecule has 1 aromatic rings. The first-order valence-electron chi connectivity index (χ1n) is 4.68. The first-order valence-corrected chi connectivity index (χ1v) is 4.68. The van der Waals surface area contributed by atoms with Crippen LogP contribution in [0.2, 0.25) is 0 Å². The van der Waals surface area contributed by atoms with Crippen molar-refractivity contribution in [1.82, 2.24) is 0 Å². The van der Waals surface area contributed by atoms with E-state index < -0.39 is 5.60 Å². The van der Waals surface area contributed by atoms with Crippen molar-refractivity contribution in [2.45, 2.75) is 19.4 Å². The monoisotopic (exact) mass is 204 g/mol. The van der Waals surface area contributed by atoms with E-state index in [4.69, 9.17) is 10.5 Å². The lowest BCUT2D eigenvalue weighted by molar-refractivity contribution is -0.130. The number of nitrogens with two attached hydrogens (primary N) is 1. The van der Waals surface area contributed by atoms with Crippen LogP contribution < -0.4 is 5.73 Å². The van der Waals surface area contributed by atoms with E-state index >= 15 is 0 Å². The van der Waals surface area contributed by atoms with Crippen molar-refractivity contribution in [3.8, 4) is 0 Å². The molecule has 0 fully saturated rings. The zero-order valence-corrected chi connectivity index (χ0v) is 8.65. The third-order valence-corrected chi connectivity index (χ3v) is 2.59. The Labute approximate surface area is 87.8 Å². The lowest BCUT2D eigenvalue weighted by Gasteiger charge is -2.23. The Morgan fingerprint density at radius 3 is 2.60 bits per heavy atom. The highest BCUT2D eigenvalue weighted by Gasteiger charge is 2.43. The average molecular weight is 204 g/mol. The van der Waals surface area contributed by atoms with Gasteiger partial charge in [0.15, 0.2) is 0 Å². The van der Waals surface area contributed by atoms with E-state index in [2.05, 4.69) is 4.99 Å². The number of aliphatic imine (C=N–C) groups is 1. The standard InChI is InChI=1S/C11H12N2O2/c1-7-5-3-4-6-8(7)11(2)9(14)13-10(12)15-11/h3-6H,1-2H3,(H2,12,13,14). The van der Waals surface area contributed by atoms with E-state index in [1.807, 2.05) is 31.2 Å². The first kappa shape index (κ1) is 9.71. The smallest absolute Gasteiger partial charge is 0.298 e. The zero-order chi connectivity index (χ0) is 11.1. The van der Waals surface area contributed by atoms with Crippen LogP contribution in [0.15, 0.2) is 29.3 Å². The molecular weight excluding hydrogens is 192 g/mol. The minimum absolute atomic E-state index is 0.0641. The summed E-state index contributed by atoms with van der Waals surface area (Å²) in [6.07, 6.45) is 0. The van der Waals surface area contributed by atoms with Crippen LogP contribution in [0.4, 0.5) is 0 Å². The second-order valence-electron chi connectivity index (χ2n) is 3.71. The first-order chi connectivity index (χ1) is 7.04. The third-order valence-electron chi connectivity index (χ3n) is 2.59. The van der Waals surface area contributed by atoms with Gasteiger partial charge in [-0.05, 0) is 19.4 Å². The summed E-state index contributed by atoms with van der Waals surface area (Å²) in [6, 6.07) is 7.48. The lowest BCUT2D eigenvalue weighted by atomic mass is 9.91. The van der Waals surface area contributed by atoms with Crippen LogP contribution in [0.1, 0.15) is 18.1 Å². The van der Waals surface area contributed by atoms with Gasteiger partial charge in [0.1, 0.15) is 0 Å². The highest BCUT2D eigenvalue weighted by atomic mass is 16.5. The van der Waals surface area contributed by atoms with Crippen LogP contribution in [-0.2, 0) is 15.1 Å². The van der Waals surface area contributed by atoms with Crippen molar-refractivity contribution < 1.29 is 9.53 Å². The zero-order valence-electron chi connectivity index (χ0n) is 8.65. The Morgan fingerprint density at radius 2 is 2.07 bits per heavy atom. The molecule has 0 aromatic heterocycles. The second-order valence-corrected chi connectivity index (χ2v) is 3.71. The number of hydrogen-bond acceptors (Lipinski definition) is 3. The molecule has 15 heavy (non-hydrogen) atoms. The molecule has 0 radical (unpaired) electrons. The second kappa shape index (κ2) is 3.08. The molecule has 0 saturated carbocycles. The van der Waals surface area contributed by atoms with Crippen molar-refractivity contribution >= 4 is 11.9 Å². The number of rotatable bonds is 1. The van der Waals surface area contributed by atoms with Crippen molar-refractivity contribution in [2.24, 2.45) is 10.7 Å². The minimum atomic E-state index is -1.06. The number of ether oxygens (including phenoxy) is 1. The largest absolute Gasteiger partial charge is 0.444 e. The number of aryl methyl sites for hydroxylation is 1. The highest BCUT2D eigenvalue weighted by molar-refractivity contribution is 6.01. The van der Waals surface area contributed by atoms with Crippen molar-refractivity contribution in [3.63, 3.8) is 0 Å². The van der Waals surface area contributed by atoms with Gasteiger partial charge >= 0.3 is 0 Å². The van der Waals surface area contributed by atoms with Crippen LogP contribution in [0.25, 0.3) is 0 Å². The SMILES string of the molecule is Cc1ccccc1C1(C)OC(N)=NC1=O. The van der Waals surface area contributed by atoms with Gasteiger partial charge in [0, 0.05) is 5.56 Å². The van der Waals surface area contributed by atoms with Gasteiger partial charge in [-0.25, -0.2) is 0 Å². The van der Waals surface area contributed by atoms with E-state index in [9.17, 15) is 4.79 Å². The number of carbonyl (C=O) groups excluding carboxylic acids is 1. The summed E-state index contributed by atoms with van der Waals surface area (Å²) in [6.45, 7) is 3.60. The molecule has 1 aliphatic rings. The van der Waals surface area contributed by atoms with Gasteiger partial charge in [0.2, 0.25) is 5.60 Å². The number of amides is 1. The molecule has 1 aliphatic heterocycles. The molecule has 4 heteroatoms. The summed E-state index contributed by atoms with van der Waals surface area (Å²) >= 11 is 0. The molecule has 1 atom stereocenters. The van der Waals surface area contributed by atoms with Crippen LogP contribution in [0, 0.1) is 6.92 Å². The molecule has 78 valence electrons. The Bertz CT molecular complexity index is 454. The average Bonchev–Trinajstić information content (AvgIpc) is 2.42. The van der Waals surface area contributed by atoms with Crippen LogP contribution >= 0.6 is 0 Å². The summed E-state index contributed by atoms with van der Waals surface area (Å²) in [5.74, 6) is -0.352. The minimum Gasteiger partial charge on any atom is -0.444 e. The Balaban J connectivity index is 2.49. The van der Waals surface area contributed by atoms with Crippen molar-refractivity contribution in [3.05, 3.63) is 35.4 Å².